The molecule has 0 amide bonds. The van der Waals surface area contributed by atoms with E-state index in [2.05, 4.69) is 9.97 Å². The largest absolute Gasteiger partial charge is 0.397 e. The number of nitrogens with zero attached hydrogens (tertiary/aromatic N) is 2. The number of rotatable bonds is 3. The van der Waals surface area contributed by atoms with Gasteiger partial charge in [-0.05, 0) is 29.8 Å². The van der Waals surface area contributed by atoms with Crippen molar-refractivity contribution in [1.29, 1.82) is 0 Å². The third-order valence-corrected chi connectivity index (χ3v) is 3.02. The summed E-state index contributed by atoms with van der Waals surface area (Å²) in [5, 5.41) is 0.884. The second-order valence-electron chi connectivity index (χ2n) is 3.04. The van der Waals surface area contributed by atoms with Crippen LogP contribution in [0.2, 0.25) is 0 Å². The molecule has 0 aliphatic rings. The molecule has 0 saturated carbocycles. The maximum absolute atomic E-state index is 5.79. The van der Waals surface area contributed by atoms with Crippen molar-refractivity contribution >= 4 is 17.4 Å². The fourth-order valence-corrected chi connectivity index (χ4v) is 2.02. The summed E-state index contributed by atoms with van der Waals surface area (Å²) in [4.78, 5) is 8.18. The van der Waals surface area contributed by atoms with E-state index in [0.29, 0.717) is 0 Å². The fraction of sp³-hybridized carbons (Fsp3) is 0.0909. The molecule has 0 aliphatic heterocycles. The minimum absolute atomic E-state index is 0.733. The molecule has 0 aliphatic carbocycles. The number of hydrogen-bond donors (Lipinski definition) is 1. The molecule has 0 bridgehead atoms. The van der Waals surface area contributed by atoms with Gasteiger partial charge in [0.05, 0.1) is 5.69 Å². The molecule has 2 aromatic rings. The Balaban J connectivity index is 2.03. The molecule has 0 radical (unpaired) electrons. The zero-order valence-corrected chi connectivity index (χ0v) is 8.95. The van der Waals surface area contributed by atoms with Gasteiger partial charge in [-0.2, -0.15) is 0 Å². The van der Waals surface area contributed by atoms with Gasteiger partial charge in [0.15, 0.2) is 0 Å². The van der Waals surface area contributed by atoms with Crippen LogP contribution in [0.3, 0.4) is 0 Å². The molecule has 0 saturated heterocycles. The molecule has 2 heterocycles. The molecule has 2 rings (SSSR count). The Bertz CT molecular complexity index is 431. The average Bonchev–Trinajstić information content (AvgIpc) is 2.29. The monoisotopic (exact) mass is 217 g/mol. The van der Waals surface area contributed by atoms with Gasteiger partial charge in [-0.25, -0.2) is 4.98 Å². The van der Waals surface area contributed by atoms with Gasteiger partial charge in [0, 0.05) is 24.3 Å². The molecule has 76 valence electrons. The van der Waals surface area contributed by atoms with Crippen molar-refractivity contribution in [2.75, 3.05) is 5.73 Å². The van der Waals surface area contributed by atoms with Gasteiger partial charge in [-0.3, -0.25) is 4.98 Å². The van der Waals surface area contributed by atoms with Crippen molar-refractivity contribution in [2.24, 2.45) is 0 Å². The number of nitrogens with two attached hydrogens (primary N) is 1. The smallest absolute Gasteiger partial charge is 0.119 e. The van der Waals surface area contributed by atoms with Crippen molar-refractivity contribution in [3.8, 4) is 0 Å². The van der Waals surface area contributed by atoms with Crippen molar-refractivity contribution in [3.63, 3.8) is 0 Å². The van der Waals surface area contributed by atoms with Gasteiger partial charge in [0.25, 0.3) is 0 Å². The molecule has 15 heavy (non-hydrogen) atoms. The van der Waals surface area contributed by atoms with Gasteiger partial charge < -0.3 is 5.73 Å². The predicted octanol–water partition coefficient (Wildman–Crippen LogP) is 2.35. The van der Waals surface area contributed by atoms with Crippen molar-refractivity contribution in [1.82, 2.24) is 9.97 Å². The first-order valence-electron chi connectivity index (χ1n) is 4.58. The van der Waals surface area contributed by atoms with Gasteiger partial charge >= 0.3 is 0 Å². The lowest BCUT2D eigenvalue weighted by atomic mass is 10.3. The van der Waals surface area contributed by atoms with Crippen LogP contribution in [-0.4, -0.2) is 9.97 Å². The Kier molecular flexibility index (Phi) is 3.19. The molecule has 2 N–H and O–H groups in total. The van der Waals surface area contributed by atoms with Gasteiger partial charge in [-0.1, -0.05) is 11.8 Å². The molecule has 2 aromatic heterocycles. The van der Waals surface area contributed by atoms with Crippen LogP contribution in [0.15, 0.2) is 47.9 Å². The Labute approximate surface area is 92.8 Å². The number of nitrogen functional groups attached to an aromatic ring is 1. The van der Waals surface area contributed by atoms with Crippen LogP contribution in [-0.2, 0) is 5.75 Å². The van der Waals surface area contributed by atoms with Gasteiger partial charge in [0.2, 0.25) is 0 Å². The maximum atomic E-state index is 5.79. The topological polar surface area (TPSA) is 51.8 Å². The lowest BCUT2D eigenvalue weighted by molar-refractivity contribution is 1.14. The first kappa shape index (κ1) is 9.98. The Hall–Kier alpha value is -1.55. The van der Waals surface area contributed by atoms with E-state index in [9.17, 15) is 0 Å². The second-order valence-corrected chi connectivity index (χ2v) is 4.01. The van der Waals surface area contributed by atoms with Crippen LogP contribution < -0.4 is 5.73 Å². The summed E-state index contributed by atoms with van der Waals surface area (Å²) in [7, 11) is 0. The van der Waals surface area contributed by atoms with E-state index in [4.69, 9.17) is 5.73 Å². The summed E-state index contributed by atoms with van der Waals surface area (Å²) in [5.74, 6) is 0.865. The summed E-state index contributed by atoms with van der Waals surface area (Å²) in [6.07, 6.45) is 5.33. The number of anilines is 1. The van der Waals surface area contributed by atoms with E-state index in [0.717, 1.165) is 16.5 Å². The summed E-state index contributed by atoms with van der Waals surface area (Å²) in [6.45, 7) is 0. The standard InChI is InChI=1S/C11H11N3S/c12-10-2-1-5-14-11(10)15-8-9-3-6-13-7-4-9/h1-7H,8,12H2. The second kappa shape index (κ2) is 4.79. The van der Waals surface area contributed by atoms with E-state index in [-0.39, 0.29) is 0 Å². The minimum atomic E-state index is 0.733. The summed E-state index contributed by atoms with van der Waals surface area (Å²) in [5.41, 5.74) is 7.74. The normalized spacial score (nSPS) is 10.1. The van der Waals surface area contributed by atoms with Gasteiger partial charge in [0.1, 0.15) is 5.03 Å². The molecule has 4 heteroatoms. The number of hydrogen-bond acceptors (Lipinski definition) is 4. The van der Waals surface area contributed by atoms with E-state index in [1.165, 1.54) is 5.56 Å². The van der Waals surface area contributed by atoms with Crippen LogP contribution in [0.25, 0.3) is 0 Å². The first-order chi connectivity index (χ1) is 7.36. The van der Waals surface area contributed by atoms with Crippen molar-refractivity contribution < 1.29 is 0 Å². The van der Waals surface area contributed by atoms with E-state index < -0.39 is 0 Å². The Morgan fingerprint density at radius 3 is 2.67 bits per heavy atom. The molecule has 0 unspecified atom stereocenters. The van der Waals surface area contributed by atoms with Crippen LogP contribution in [0.5, 0.6) is 0 Å². The number of aromatic nitrogens is 2. The predicted molar refractivity (Wildman–Crippen MR) is 62.4 cm³/mol. The molecule has 0 fully saturated rings. The zero-order chi connectivity index (χ0) is 10.5. The lowest BCUT2D eigenvalue weighted by Gasteiger charge is -2.03. The Morgan fingerprint density at radius 1 is 1.13 bits per heavy atom. The average molecular weight is 217 g/mol. The van der Waals surface area contributed by atoms with E-state index >= 15 is 0 Å². The first-order valence-corrected chi connectivity index (χ1v) is 5.57. The highest BCUT2D eigenvalue weighted by atomic mass is 32.2. The summed E-state index contributed by atoms with van der Waals surface area (Å²) in [6, 6.07) is 7.69. The molecule has 0 aromatic carbocycles. The van der Waals surface area contributed by atoms with Crippen LogP contribution in [0.4, 0.5) is 5.69 Å². The summed E-state index contributed by atoms with van der Waals surface area (Å²) < 4.78 is 0. The molecular weight excluding hydrogens is 206 g/mol. The zero-order valence-electron chi connectivity index (χ0n) is 8.13. The van der Waals surface area contributed by atoms with Crippen LogP contribution in [0, 0.1) is 0 Å². The Morgan fingerprint density at radius 2 is 1.93 bits per heavy atom. The lowest BCUT2D eigenvalue weighted by Crippen LogP contribution is -1.91. The highest BCUT2D eigenvalue weighted by Gasteiger charge is 2.00. The van der Waals surface area contributed by atoms with E-state index in [1.54, 1.807) is 30.4 Å². The molecule has 0 spiro atoms. The SMILES string of the molecule is Nc1cccnc1SCc1ccncc1. The third-order valence-electron chi connectivity index (χ3n) is 1.93. The molecular formula is C11H11N3S. The maximum Gasteiger partial charge on any atom is 0.119 e. The molecule has 3 nitrogen and oxygen atoms in total. The van der Waals surface area contributed by atoms with Gasteiger partial charge in [-0.15, -0.1) is 0 Å². The van der Waals surface area contributed by atoms with Crippen molar-refractivity contribution in [2.45, 2.75) is 10.8 Å². The third kappa shape index (κ3) is 2.70. The summed E-state index contributed by atoms with van der Waals surface area (Å²) >= 11 is 1.64. The fourth-order valence-electron chi connectivity index (χ4n) is 1.15. The highest BCUT2D eigenvalue weighted by molar-refractivity contribution is 7.98. The van der Waals surface area contributed by atoms with Crippen LogP contribution in [0.1, 0.15) is 5.56 Å². The van der Waals surface area contributed by atoms with E-state index in [1.807, 2.05) is 24.3 Å². The quantitative estimate of drug-likeness (QED) is 0.802. The minimum Gasteiger partial charge on any atom is -0.397 e. The highest BCUT2D eigenvalue weighted by Crippen LogP contribution is 2.24. The van der Waals surface area contributed by atoms with Crippen molar-refractivity contribution in [3.05, 3.63) is 48.4 Å². The number of thioether (sulfide) groups is 1. The van der Waals surface area contributed by atoms with Crippen LogP contribution >= 0.6 is 11.8 Å². The molecule has 0 atom stereocenters. The number of pyridine rings is 2.